The van der Waals surface area contributed by atoms with Crippen LogP contribution in [0, 0.1) is 10.1 Å². The van der Waals surface area contributed by atoms with Crippen molar-refractivity contribution < 1.29 is 14.5 Å². The van der Waals surface area contributed by atoms with Gasteiger partial charge in [0.15, 0.2) is 0 Å². The smallest absolute Gasteiger partial charge is 0.333 e. The Labute approximate surface area is 196 Å². The number of hydrogen-bond acceptors (Lipinski definition) is 6. The first kappa shape index (κ1) is 22.8. The van der Waals surface area contributed by atoms with E-state index in [0.29, 0.717) is 23.6 Å². The first-order chi connectivity index (χ1) is 16.4. The van der Waals surface area contributed by atoms with Gasteiger partial charge in [-0.1, -0.05) is 24.8 Å². The maximum absolute atomic E-state index is 11.5. The third-order valence-electron chi connectivity index (χ3n) is 5.46. The largest absolute Gasteiger partial charge is 0.462 e. The number of aryl methyl sites for hydroxylation is 1. The number of nitro benzene ring substituents is 1. The third kappa shape index (κ3) is 5.01. The van der Waals surface area contributed by atoms with Gasteiger partial charge < -0.3 is 9.30 Å². The van der Waals surface area contributed by atoms with E-state index >= 15 is 0 Å². The van der Waals surface area contributed by atoms with E-state index < -0.39 is 4.92 Å². The Hall–Kier alpha value is -4.33. The molecule has 4 rings (SSSR count). The second-order valence-electron chi connectivity index (χ2n) is 7.97. The van der Waals surface area contributed by atoms with E-state index in [0.717, 1.165) is 41.2 Å². The second kappa shape index (κ2) is 10.1. The van der Waals surface area contributed by atoms with Gasteiger partial charge in [0.05, 0.1) is 22.9 Å². The monoisotopic (exact) mass is 456 g/mol. The first-order valence-corrected chi connectivity index (χ1v) is 10.9. The highest BCUT2D eigenvalue weighted by Crippen LogP contribution is 2.33. The summed E-state index contributed by atoms with van der Waals surface area (Å²) in [6, 6.07) is 20.1. The van der Waals surface area contributed by atoms with Crippen LogP contribution in [0.15, 0.2) is 89.1 Å². The normalized spacial score (nSPS) is 11.3. The summed E-state index contributed by atoms with van der Waals surface area (Å²) in [5, 5.41) is 21.5. The fraction of sp³-hybridized carbons (Fsp3) is 0.192. The van der Waals surface area contributed by atoms with Gasteiger partial charge in [-0.15, -0.1) is 0 Å². The summed E-state index contributed by atoms with van der Waals surface area (Å²) in [6.07, 6.45) is 1.62. The number of azo groups is 1. The fourth-order valence-electron chi connectivity index (χ4n) is 3.76. The van der Waals surface area contributed by atoms with Crippen LogP contribution in [0.1, 0.15) is 19.8 Å². The number of non-ortho nitro benzene ring substituents is 1. The average Bonchev–Trinajstić information content (AvgIpc) is 3.15. The van der Waals surface area contributed by atoms with Crippen LogP contribution in [0.25, 0.3) is 21.8 Å². The number of carbonyl (C=O) groups is 1. The van der Waals surface area contributed by atoms with E-state index in [9.17, 15) is 14.9 Å². The van der Waals surface area contributed by atoms with Gasteiger partial charge in [0.25, 0.3) is 5.69 Å². The number of hydrogen-bond donors (Lipinski definition) is 0. The lowest BCUT2D eigenvalue weighted by molar-refractivity contribution is -0.384. The molecule has 0 unspecified atom stereocenters. The van der Waals surface area contributed by atoms with Crippen molar-refractivity contribution in [2.24, 2.45) is 10.2 Å². The molecular formula is C26H24N4O4. The number of nitrogens with zero attached hydrogens (tertiary/aromatic N) is 4. The Morgan fingerprint density at radius 1 is 0.971 bits per heavy atom. The molecule has 3 aromatic carbocycles. The predicted octanol–water partition coefficient (Wildman–Crippen LogP) is 7.02. The lowest BCUT2D eigenvalue weighted by Crippen LogP contribution is -2.07. The molecule has 0 aliphatic rings. The Morgan fingerprint density at radius 3 is 2.38 bits per heavy atom. The molecule has 0 amide bonds. The van der Waals surface area contributed by atoms with Crippen LogP contribution in [0.5, 0.6) is 0 Å². The molecule has 0 atom stereocenters. The number of ether oxygens (including phenoxy) is 1. The number of esters is 1. The summed E-state index contributed by atoms with van der Waals surface area (Å²) in [7, 11) is 0. The molecule has 0 N–H and O–H groups in total. The van der Waals surface area contributed by atoms with Gasteiger partial charge in [0.2, 0.25) is 0 Å². The van der Waals surface area contributed by atoms with Gasteiger partial charge in [-0.25, -0.2) is 4.79 Å². The number of nitro groups is 1. The fourth-order valence-corrected chi connectivity index (χ4v) is 3.76. The molecule has 0 bridgehead atoms. The minimum atomic E-state index is -0.445. The first-order valence-electron chi connectivity index (χ1n) is 10.9. The highest BCUT2D eigenvalue weighted by atomic mass is 16.6. The SMILES string of the molecule is C=C(C)C(=O)OCCCCn1c2ccccc2c2cc(N=Nc3ccc([N+](=O)[O-])cc3)ccc21. The van der Waals surface area contributed by atoms with Gasteiger partial charge in [0, 0.05) is 46.1 Å². The van der Waals surface area contributed by atoms with Gasteiger partial charge >= 0.3 is 5.97 Å². The van der Waals surface area contributed by atoms with Gasteiger partial charge in [-0.05, 0) is 56.2 Å². The van der Waals surface area contributed by atoms with Crippen molar-refractivity contribution in [3.8, 4) is 0 Å². The number of benzene rings is 3. The maximum Gasteiger partial charge on any atom is 0.333 e. The number of fused-ring (bicyclic) bond motifs is 3. The molecule has 34 heavy (non-hydrogen) atoms. The van der Waals surface area contributed by atoms with Crippen molar-refractivity contribution in [1.82, 2.24) is 4.57 Å². The maximum atomic E-state index is 11.5. The highest BCUT2D eigenvalue weighted by molar-refractivity contribution is 6.08. The summed E-state index contributed by atoms with van der Waals surface area (Å²) in [4.78, 5) is 21.9. The Bertz CT molecular complexity index is 1400. The van der Waals surface area contributed by atoms with Crippen molar-refractivity contribution >= 4 is 44.8 Å². The van der Waals surface area contributed by atoms with Gasteiger partial charge in [-0.3, -0.25) is 10.1 Å². The van der Waals surface area contributed by atoms with E-state index in [4.69, 9.17) is 4.74 Å². The van der Waals surface area contributed by atoms with Crippen molar-refractivity contribution in [1.29, 1.82) is 0 Å². The molecule has 1 aromatic heterocycles. The number of rotatable bonds is 9. The molecule has 0 fully saturated rings. The lowest BCUT2D eigenvalue weighted by atomic mass is 10.1. The summed E-state index contributed by atoms with van der Waals surface area (Å²) in [5.74, 6) is -0.354. The summed E-state index contributed by atoms with van der Waals surface area (Å²) < 4.78 is 7.46. The molecule has 8 nitrogen and oxygen atoms in total. The van der Waals surface area contributed by atoms with Crippen molar-refractivity contribution in [3.05, 3.63) is 89.0 Å². The number of carbonyl (C=O) groups excluding carboxylic acids is 1. The zero-order chi connectivity index (χ0) is 24.1. The van der Waals surface area contributed by atoms with E-state index in [2.05, 4.69) is 33.5 Å². The van der Waals surface area contributed by atoms with Crippen LogP contribution in [0.2, 0.25) is 0 Å². The third-order valence-corrected chi connectivity index (χ3v) is 5.46. The number of para-hydroxylation sites is 1. The molecule has 0 radical (unpaired) electrons. The van der Waals surface area contributed by atoms with Crippen LogP contribution >= 0.6 is 0 Å². The summed E-state index contributed by atoms with van der Waals surface area (Å²) in [6.45, 7) is 6.39. The summed E-state index contributed by atoms with van der Waals surface area (Å²) >= 11 is 0. The zero-order valence-corrected chi connectivity index (χ0v) is 18.8. The predicted molar refractivity (Wildman–Crippen MR) is 132 cm³/mol. The molecule has 0 saturated heterocycles. The van der Waals surface area contributed by atoms with E-state index in [-0.39, 0.29) is 11.7 Å². The van der Waals surface area contributed by atoms with Crippen LogP contribution in [0.3, 0.4) is 0 Å². The average molecular weight is 457 g/mol. The summed E-state index contributed by atoms with van der Waals surface area (Å²) in [5.41, 5.74) is 3.88. The van der Waals surface area contributed by atoms with Crippen LogP contribution in [-0.4, -0.2) is 22.1 Å². The lowest BCUT2D eigenvalue weighted by Gasteiger charge is -2.08. The van der Waals surface area contributed by atoms with E-state index in [1.165, 1.54) is 12.1 Å². The van der Waals surface area contributed by atoms with Crippen LogP contribution in [-0.2, 0) is 16.1 Å². The standard InChI is InChI=1S/C26H24N4O4/c1-18(2)26(31)34-16-6-5-15-29-24-8-4-3-7-22(24)23-17-20(11-14-25(23)29)28-27-19-9-12-21(13-10-19)30(32)33/h3-4,7-14,17H,1,5-6,15-16H2,2H3. The number of aromatic nitrogens is 1. The van der Waals surface area contributed by atoms with E-state index in [1.807, 2.05) is 30.3 Å². The van der Waals surface area contributed by atoms with Crippen LogP contribution < -0.4 is 0 Å². The van der Waals surface area contributed by atoms with Crippen molar-refractivity contribution in [2.75, 3.05) is 6.61 Å². The minimum Gasteiger partial charge on any atom is -0.462 e. The Morgan fingerprint density at radius 2 is 1.65 bits per heavy atom. The Balaban J connectivity index is 1.53. The molecule has 172 valence electrons. The number of unbranched alkanes of at least 4 members (excludes halogenated alkanes) is 1. The molecule has 8 heteroatoms. The van der Waals surface area contributed by atoms with Crippen molar-refractivity contribution in [3.63, 3.8) is 0 Å². The molecular weight excluding hydrogens is 432 g/mol. The van der Waals surface area contributed by atoms with Gasteiger partial charge in [0.1, 0.15) is 0 Å². The molecule has 0 aliphatic heterocycles. The van der Waals surface area contributed by atoms with E-state index in [1.54, 1.807) is 19.1 Å². The second-order valence-corrected chi connectivity index (χ2v) is 7.97. The Kier molecular flexibility index (Phi) is 6.77. The molecule has 1 heterocycles. The zero-order valence-electron chi connectivity index (χ0n) is 18.8. The highest BCUT2D eigenvalue weighted by Gasteiger charge is 2.11. The molecule has 0 spiro atoms. The topological polar surface area (TPSA) is 99.1 Å². The van der Waals surface area contributed by atoms with Gasteiger partial charge in [-0.2, -0.15) is 10.2 Å². The molecule has 0 saturated carbocycles. The molecule has 4 aromatic rings. The minimum absolute atomic E-state index is 0.0159. The quantitative estimate of drug-likeness (QED) is 0.0675. The van der Waals surface area contributed by atoms with Crippen LogP contribution in [0.4, 0.5) is 17.1 Å². The molecule has 0 aliphatic carbocycles. The van der Waals surface area contributed by atoms with Crippen molar-refractivity contribution in [2.45, 2.75) is 26.3 Å².